The number of amides is 2. The summed E-state index contributed by atoms with van der Waals surface area (Å²) in [6.07, 6.45) is -1.55. The van der Waals surface area contributed by atoms with E-state index in [0.29, 0.717) is 18.2 Å². The van der Waals surface area contributed by atoms with Gasteiger partial charge in [-0.2, -0.15) is 0 Å². The van der Waals surface area contributed by atoms with E-state index in [1.807, 2.05) is 76.2 Å². The predicted molar refractivity (Wildman–Crippen MR) is 161 cm³/mol. The van der Waals surface area contributed by atoms with Crippen molar-refractivity contribution in [1.82, 2.24) is 9.80 Å². The number of carbonyl (C=O) groups excluding carboxylic acids is 1. The molecule has 4 rings (SSSR count). The molecule has 2 amide bonds. The molecule has 1 N–H and O–H groups in total. The Morgan fingerprint density at radius 2 is 1.39 bits per heavy atom. The summed E-state index contributed by atoms with van der Waals surface area (Å²) in [5.74, 6) is -0.493. The molecular formula is C33H39ClN2O5. The summed E-state index contributed by atoms with van der Waals surface area (Å²) in [7, 11) is 0. The van der Waals surface area contributed by atoms with Gasteiger partial charge in [0.05, 0.1) is 6.54 Å². The molecule has 3 aromatic rings. The largest absolute Gasteiger partial charge is 0.465 e. The number of hydrogen-bond donors (Lipinski definition) is 1. The smallest absolute Gasteiger partial charge is 0.408 e. The molecule has 0 bridgehead atoms. The van der Waals surface area contributed by atoms with E-state index in [9.17, 15) is 14.7 Å². The van der Waals surface area contributed by atoms with E-state index in [4.69, 9.17) is 21.1 Å². The highest BCUT2D eigenvalue weighted by atomic mass is 35.5. The van der Waals surface area contributed by atoms with Crippen LogP contribution in [-0.2, 0) is 20.7 Å². The first kappa shape index (κ1) is 30.6. The third-order valence-electron chi connectivity index (χ3n) is 7.55. The number of ether oxygens (including phenoxy) is 2. The fraction of sp³-hybridized carbons (Fsp3) is 0.394. The molecule has 0 aliphatic heterocycles. The van der Waals surface area contributed by atoms with Gasteiger partial charge in [0.15, 0.2) is 6.29 Å². The third kappa shape index (κ3) is 7.10. The van der Waals surface area contributed by atoms with E-state index in [0.717, 1.165) is 27.8 Å². The van der Waals surface area contributed by atoms with Gasteiger partial charge in [-0.15, -0.1) is 0 Å². The number of hydrogen-bond acceptors (Lipinski definition) is 4. The zero-order chi connectivity index (χ0) is 29.5. The van der Waals surface area contributed by atoms with Crippen LogP contribution in [0.2, 0.25) is 5.02 Å². The van der Waals surface area contributed by atoms with Crippen LogP contribution in [0.1, 0.15) is 50.3 Å². The van der Waals surface area contributed by atoms with E-state index in [2.05, 4.69) is 12.1 Å². The van der Waals surface area contributed by atoms with E-state index in [1.54, 1.807) is 17.0 Å². The van der Waals surface area contributed by atoms with E-state index in [-0.39, 0.29) is 37.4 Å². The highest BCUT2D eigenvalue weighted by Gasteiger charge is 2.39. The standard InChI is InChI=1S/C33H39ClN2O5/c1-5-40-31(41-6-2)21-35(22(3)4)32(37)30(19-23-15-17-24(34)18-16-23)36(33(38)39)20-29-27-13-9-7-11-25(27)26-12-8-10-14-28(26)29/h7-18,22,29-31H,5-6,19-21H2,1-4H3,(H,38,39). The van der Waals surface area contributed by atoms with Crippen LogP contribution in [0.4, 0.5) is 4.79 Å². The van der Waals surface area contributed by atoms with Gasteiger partial charge >= 0.3 is 6.09 Å². The minimum absolute atomic E-state index is 0.139. The van der Waals surface area contributed by atoms with Crippen LogP contribution in [0.5, 0.6) is 0 Å². The summed E-state index contributed by atoms with van der Waals surface area (Å²) < 4.78 is 11.5. The summed E-state index contributed by atoms with van der Waals surface area (Å²) in [6.45, 7) is 8.78. The molecule has 1 aliphatic rings. The Bertz CT molecular complexity index is 1280. The first-order valence-electron chi connectivity index (χ1n) is 14.2. The van der Waals surface area contributed by atoms with Crippen molar-refractivity contribution >= 4 is 23.6 Å². The van der Waals surface area contributed by atoms with Gasteiger partial charge in [-0.05, 0) is 67.6 Å². The number of fused-ring (bicyclic) bond motifs is 3. The van der Waals surface area contributed by atoms with Crippen LogP contribution in [0.3, 0.4) is 0 Å². The van der Waals surface area contributed by atoms with Crippen molar-refractivity contribution < 1.29 is 24.2 Å². The lowest BCUT2D eigenvalue weighted by Gasteiger charge is -2.37. The van der Waals surface area contributed by atoms with E-state index < -0.39 is 18.4 Å². The molecule has 3 aromatic carbocycles. The summed E-state index contributed by atoms with van der Waals surface area (Å²) in [5.41, 5.74) is 5.14. The molecule has 7 nitrogen and oxygen atoms in total. The number of carboxylic acid groups (broad SMARTS) is 1. The van der Waals surface area contributed by atoms with Gasteiger partial charge in [-0.1, -0.05) is 72.3 Å². The quantitative estimate of drug-likeness (QED) is 0.229. The molecule has 41 heavy (non-hydrogen) atoms. The molecule has 1 unspecified atom stereocenters. The summed E-state index contributed by atoms with van der Waals surface area (Å²) >= 11 is 6.13. The monoisotopic (exact) mass is 578 g/mol. The molecule has 0 spiro atoms. The van der Waals surface area contributed by atoms with Gasteiger partial charge in [0.2, 0.25) is 5.91 Å². The van der Waals surface area contributed by atoms with Crippen molar-refractivity contribution in [3.05, 3.63) is 94.5 Å². The molecule has 0 saturated carbocycles. The Hall–Kier alpha value is -3.39. The average molecular weight is 579 g/mol. The number of carbonyl (C=O) groups is 2. The topological polar surface area (TPSA) is 79.3 Å². The third-order valence-corrected chi connectivity index (χ3v) is 7.80. The lowest BCUT2D eigenvalue weighted by atomic mass is 9.94. The summed E-state index contributed by atoms with van der Waals surface area (Å²) in [5, 5.41) is 11.2. The molecule has 1 aliphatic carbocycles. The van der Waals surface area contributed by atoms with Gasteiger partial charge in [0.25, 0.3) is 0 Å². The normalized spacial score (nSPS) is 13.2. The van der Waals surface area contributed by atoms with Crippen LogP contribution in [0, 0.1) is 0 Å². The number of halogens is 1. The minimum Gasteiger partial charge on any atom is -0.465 e. The first-order chi connectivity index (χ1) is 19.7. The maximum atomic E-state index is 14.4. The van der Waals surface area contributed by atoms with Crippen molar-refractivity contribution in [3.63, 3.8) is 0 Å². The fourth-order valence-electron chi connectivity index (χ4n) is 5.60. The molecule has 0 heterocycles. The fourth-order valence-corrected chi connectivity index (χ4v) is 5.73. The van der Waals surface area contributed by atoms with Gasteiger partial charge in [-0.3, -0.25) is 9.69 Å². The Kier molecular flexibility index (Phi) is 10.4. The highest BCUT2D eigenvalue weighted by molar-refractivity contribution is 6.30. The van der Waals surface area contributed by atoms with Gasteiger partial charge in [0, 0.05) is 43.2 Å². The maximum Gasteiger partial charge on any atom is 0.408 e. The van der Waals surface area contributed by atoms with Crippen LogP contribution in [0.15, 0.2) is 72.8 Å². The first-order valence-corrected chi connectivity index (χ1v) is 14.6. The summed E-state index contributed by atoms with van der Waals surface area (Å²) in [4.78, 5) is 30.4. The lowest BCUT2D eigenvalue weighted by molar-refractivity contribution is -0.164. The second-order valence-corrected chi connectivity index (χ2v) is 10.9. The van der Waals surface area contributed by atoms with Crippen molar-refractivity contribution in [1.29, 1.82) is 0 Å². The molecule has 218 valence electrons. The number of benzene rings is 3. The van der Waals surface area contributed by atoms with Gasteiger partial charge in [-0.25, -0.2) is 4.79 Å². The lowest BCUT2D eigenvalue weighted by Crippen LogP contribution is -2.56. The Morgan fingerprint density at radius 3 is 1.88 bits per heavy atom. The van der Waals surface area contributed by atoms with Crippen LogP contribution < -0.4 is 0 Å². The zero-order valence-corrected chi connectivity index (χ0v) is 24.9. The SMILES string of the molecule is CCOC(CN(C(=O)C(Cc1ccc(Cl)cc1)N(CC1c2ccccc2-c2ccccc21)C(=O)O)C(C)C)OCC. The molecule has 0 saturated heterocycles. The zero-order valence-electron chi connectivity index (χ0n) is 24.1. The van der Waals surface area contributed by atoms with Crippen molar-refractivity contribution in [2.45, 2.75) is 58.4 Å². The van der Waals surface area contributed by atoms with Gasteiger partial charge in [0.1, 0.15) is 6.04 Å². The van der Waals surface area contributed by atoms with Crippen molar-refractivity contribution in [2.75, 3.05) is 26.3 Å². The van der Waals surface area contributed by atoms with E-state index >= 15 is 0 Å². The predicted octanol–water partition coefficient (Wildman–Crippen LogP) is 6.68. The highest BCUT2D eigenvalue weighted by Crippen LogP contribution is 2.45. The van der Waals surface area contributed by atoms with Crippen molar-refractivity contribution in [2.24, 2.45) is 0 Å². The Labute approximate surface area is 247 Å². The van der Waals surface area contributed by atoms with E-state index in [1.165, 1.54) is 4.90 Å². The molecule has 1 atom stereocenters. The maximum absolute atomic E-state index is 14.4. The summed E-state index contributed by atoms with van der Waals surface area (Å²) in [6, 6.07) is 22.2. The second kappa shape index (κ2) is 14.0. The Morgan fingerprint density at radius 1 is 0.854 bits per heavy atom. The molecule has 0 aromatic heterocycles. The van der Waals surface area contributed by atoms with Crippen LogP contribution in [0.25, 0.3) is 11.1 Å². The Balaban J connectivity index is 1.73. The second-order valence-electron chi connectivity index (χ2n) is 10.4. The average Bonchev–Trinajstić information content (AvgIpc) is 3.27. The number of rotatable bonds is 13. The molecular weight excluding hydrogens is 540 g/mol. The molecule has 0 radical (unpaired) electrons. The number of nitrogens with zero attached hydrogens (tertiary/aromatic N) is 2. The van der Waals surface area contributed by atoms with Crippen LogP contribution in [-0.4, -0.2) is 71.6 Å². The van der Waals surface area contributed by atoms with Gasteiger partial charge < -0.3 is 19.5 Å². The molecule has 0 fully saturated rings. The molecule has 8 heteroatoms. The minimum atomic E-state index is -1.14. The van der Waals surface area contributed by atoms with Crippen molar-refractivity contribution in [3.8, 4) is 11.1 Å². The van der Waals surface area contributed by atoms with Crippen LogP contribution >= 0.6 is 11.6 Å².